The zero-order valence-corrected chi connectivity index (χ0v) is 16.4. The van der Waals surface area contributed by atoms with Gasteiger partial charge in [0.05, 0.1) is 5.69 Å². The number of carbonyl (C=O) groups is 1. The number of nitrogens with zero attached hydrogens (tertiary/aromatic N) is 4. The number of rotatable bonds is 5. The lowest BCUT2D eigenvalue weighted by Crippen LogP contribution is -2.32. The van der Waals surface area contributed by atoms with Gasteiger partial charge in [0.2, 0.25) is 18.6 Å². The van der Waals surface area contributed by atoms with E-state index >= 15 is 0 Å². The van der Waals surface area contributed by atoms with Crippen molar-refractivity contribution in [3.63, 3.8) is 0 Å². The largest absolute Gasteiger partial charge is 0.454 e. The SMILES string of the molecule is CCc1cc(=O)n(CC(=O)Nc2ccc3c(c2)OCO3)c(-n2nc(C)cc2C)n1. The highest BCUT2D eigenvalue weighted by atomic mass is 16.7. The second-order valence-electron chi connectivity index (χ2n) is 6.78. The second kappa shape index (κ2) is 7.42. The van der Waals surface area contributed by atoms with Gasteiger partial charge in [0.15, 0.2) is 11.5 Å². The standard InChI is InChI=1S/C20H21N5O4/c1-4-14-9-19(27)24(20(22-14)25-13(3)7-12(2)23-25)10-18(26)21-15-5-6-16-17(8-15)29-11-28-16/h5-9H,4,10-11H2,1-3H3,(H,21,26). The molecule has 0 bridgehead atoms. The van der Waals surface area contributed by atoms with Crippen LogP contribution in [0, 0.1) is 13.8 Å². The third-order valence-corrected chi connectivity index (χ3v) is 4.56. The first-order valence-corrected chi connectivity index (χ1v) is 9.28. The molecule has 0 fully saturated rings. The van der Waals surface area contributed by atoms with Gasteiger partial charge in [-0.3, -0.25) is 14.2 Å². The van der Waals surface area contributed by atoms with Crippen LogP contribution in [0.3, 0.4) is 0 Å². The smallest absolute Gasteiger partial charge is 0.255 e. The second-order valence-corrected chi connectivity index (χ2v) is 6.78. The van der Waals surface area contributed by atoms with Crippen molar-refractivity contribution in [2.45, 2.75) is 33.7 Å². The third kappa shape index (κ3) is 3.71. The fraction of sp³-hybridized carbons (Fsp3) is 0.300. The van der Waals surface area contributed by atoms with Crippen molar-refractivity contribution >= 4 is 11.6 Å². The fourth-order valence-corrected chi connectivity index (χ4v) is 3.18. The van der Waals surface area contributed by atoms with E-state index in [-0.39, 0.29) is 24.8 Å². The van der Waals surface area contributed by atoms with Crippen LogP contribution in [0.1, 0.15) is 24.0 Å². The normalized spacial score (nSPS) is 12.2. The van der Waals surface area contributed by atoms with E-state index in [4.69, 9.17) is 9.47 Å². The first-order valence-electron chi connectivity index (χ1n) is 9.28. The van der Waals surface area contributed by atoms with Crippen LogP contribution in [0.15, 0.2) is 35.1 Å². The van der Waals surface area contributed by atoms with E-state index < -0.39 is 0 Å². The number of amides is 1. The predicted octanol–water partition coefficient (Wildman–Crippen LogP) is 1.98. The monoisotopic (exact) mass is 395 g/mol. The van der Waals surface area contributed by atoms with Crippen LogP contribution >= 0.6 is 0 Å². The van der Waals surface area contributed by atoms with E-state index in [1.54, 1.807) is 22.9 Å². The number of anilines is 1. The highest BCUT2D eigenvalue weighted by Crippen LogP contribution is 2.34. The van der Waals surface area contributed by atoms with Crippen LogP contribution in [0.25, 0.3) is 5.95 Å². The van der Waals surface area contributed by atoms with Gasteiger partial charge in [-0.05, 0) is 38.5 Å². The Morgan fingerprint density at radius 1 is 1.17 bits per heavy atom. The molecule has 0 atom stereocenters. The molecule has 2 aromatic heterocycles. The minimum Gasteiger partial charge on any atom is -0.454 e. The Morgan fingerprint density at radius 2 is 1.97 bits per heavy atom. The van der Waals surface area contributed by atoms with Crippen molar-refractivity contribution in [1.29, 1.82) is 0 Å². The maximum atomic E-state index is 12.7. The number of carbonyl (C=O) groups excluding carboxylic acids is 1. The van der Waals surface area contributed by atoms with Crippen LogP contribution < -0.4 is 20.3 Å². The van der Waals surface area contributed by atoms with Gasteiger partial charge in [0, 0.05) is 29.2 Å². The molecule has 1 aromatic carbocycles. The number of fused-ring (bicyclic) bond motifs is 1. The van der Waals surface area contributed by atoms with Crippen molar-refractivity contribution in [2.24, 2.45) is 0 Å². The molecule has 1 N–H and O–H groups in total. The zero-order valence-electron chi connectivity index (χ0n) is 16.4. The highest BCUT2D eigenvalue weighted by molar-refractivity contribution is 5.91. The topological polar surface area (TPSA) is 100 Å². The molecule has 0 aliphatic carbocycles. The molecule has 0 saturated carbocycles. The quantitative estimate of drug-likeness (QED) is 0.709. The van der Waals surface area contributed by atoms with E-state index in [1.807, 2.05) is 26.8 Å². The van der Waals surface area contributed by atoms with Crippen LogP contribution in [0.2, 0.25) is 0 Å². The fourth-order valence-electron chi connectivity index (χ4n) is 3.18. The predicted molar refractivity (Wildman–Crippen MR) is 106 cm³/mol. The summed E-state index contributed by atoms with van der Waals surface area (Å²) in [6, 6.07) is 8.46. The summed E-state index contributed by atoms with van der Waals surface area (Å²) in [5.41, 5.74) is 2.52. The maximum Gasteiger partial charge on any atom is 0.255 e. The minimum atomic E-state index is -0.361. The van der Waals surface area contributed by atoms with Crippen molar-refractivity contribution in [1.82, 2.24) is 19.3 Å². The summed E-state index contributed by atoms with van der Waals surface area (Å²) >= 11 is 0. The summed E-state index contributed by atoms with van der Waals surface area (Å²) in [7, 11) is 0. The van der Waals surface area contributed by atoms with E-state index in [0.717, 1.165) is 11.4 Å². The Morgan fingerprint density at radius 3 is 2.69 bits per heavy atom. The summed E-state index contributed by atoms with van der Waals surface area (Å²) in [6.45, 7) is 5.62. The van der Waals surface area contributed by atoms with Gasteiger partial charge in [0.1, 0.15) is 6.54 Å². The van der Waals surface area contributed by atoms with Gasteiger partial charge >= 0.3 is 0 Å². The Hall–Kier alpha value is -3.62. The Kier molecular flexibility index (Phi) is 4.79. The van der Waals surface area contributed by atoms with Gasteiger partial charge in [-0.25, -0.2) is 9.67 Å². The number of hydrogen-bond acceptors (Lipinski definition) is 6. The molecular formula is C20H21N5O4. The van der Waals surface area contributed by atoms with E-state index in [0.29, 0.717) is 35.2 Å². The first kappa shape index (κ1) is 18.7. The Labute approximate surface area is 166 Å². The van der Waals surface area contributed by atoms with Gasteiger partial charge in [0.25, 0.3) is 5.56 Å². The van der Waals surface area contributed by atoms with Crippen molar-refractivity contribution in [3.05, 3.63) is 57.8 Å². The van der Waals surface area contributed by atoms with Crippen molar-refractivity contribution < 1.29 is 14.3 Å². The third-order valence-electron chi connectivity index (χ3n) is 4.56. The first-order chi connectivity index (χ1) is 13.9. The molecule has 0 spiro atoms. The molecule has 0 unspecified atom stereocenters. The summed E-state index contributed by atoms with van der Waals surface area (Å²) in [5.74, 6) is 1.16. The molecule has 29 heavy (non-hydrogen) atoms. The lowest BCUT2D eigenvalue weighted by atomic mass is 10.2. The molecule has 3 aromatic rings. The number of hydrogen-bond donors (Lipinski definition) is 1. The Bertz CT molecular complexity index is 1150. The molecule has 1 aliphatic heterocycles. The summed E-state index contributed by atoms with van der Waals surface area (Å²) in [5, 5.41) is 7.20. The van der Waals surface area contributed by atoms with E-state index in [1.165, 1.54) is 10.6 Å². The maximum absolute atomic E-state index is 12.7. The van der Waals surface area contributed by atoms with Crippen LogP contribution in [-0.2, 0) is 17.8 Å². The lowest BCUT2D eigenvalue weighted by molar-refractivity contribution is -0.116. The highest BCUT2D eigenvalue weighted by Gasteiger charge is 2.18. The van der Waals surface area contributed by atoms with Gasteiger partial charge in [-0.2, -0.15) is 5.10 Å². The van der Waals surface area contributed by atoms with Crippen LogP contribution in [0.5, 0.6) is 11.5 Å². The molecule has 9 nitrogen and oxygen atoms in total. The average Bonchev–Trinajstić information content (AvgIpc) is 3.28. The summed E-state index contributed by atoms with van der Waals surface area (Å²) in [6.07, 6.45) is 0.603. The van der Waals surface area contributed by atoms with Crippen molar-refractivity contribution in [2.75, 3.05) is 12.1 Å². The molecule has 4 rings (SSSR count). The molecule has 3 heterocycles. The molecule has 1 aliphatic rings. The molecule has 9 heteroatoms. The molecule has 0 radical (unpaired) electrons. The molecule has 0 saturated heterocycles. The number of ether oxygens (including phenoxy) is 2. The Balaban J connectivity index is 1.65. The number of aromatic nitrogens is 4. The van der Waals surface area contributed by atoms with Crippen LogP contribution in [-0.4, -0.2) is 32.0 Å². The van der Waals surface area contributed by atoms with Gasteiger partial charge < -0.3 is 14.8 Å². The molecule has 150 valence electrons. The van der Waals surface area contributed by atoms with E-state index in [2.05, 4.69) is 15.4 Å². The van der Waals surface area contributed by atoms with E-state index in [9.17, 15) is 9.59 Å². The van der Waals surface area contributed by atoms with Gasteiger partial charge in [-0.1, -0.05) is 6.92 Å². The van der Waals surface area contributed by atoms with Gasteiger partial charge in [-0.15, -0.1) is 0 Å². The lowest BCUT2D eigenvalue weighted by Gasteiger charge is -2.14. The molecular weight excluding hydrogens is 374 g/mol. The number of benzene rings is 1. The van der Waals surface area contributed by atoms with Crippen LogP contribution in [0.4, 0.5) is 5.69 Å². The summed E-state index contributed by atoms with van der Waals surface area (Å²) < 4.78 is 13.5. The minimum absolute atomic E-state index is 0.156. The number of aryl methyl sites for hydroxylation is 3. The van der Waals surface area contributed by atoms with Crippen molar-refractivity contribution in [3.8, 4) is 17.4 Å². The zero-order chi connectivity index (χ0) is 20.5. The number of nitrogens with one attached hydrogen (secondary N) is 1. The average molecular weight is 395 g/mol. The summed E-state index contributed by atoms with van der Waals surface area (Å²) in [4.78, 5) is 29.9. The molecule has 1 amide bonds.